The van der Waals surface area contributed by atoms with Crippen molar-refractivity contribution in [3.8, 4) is 11.5 Å². The number of hydrogen-bond acceptors (Lipinski definition) is 5. The van der Waals surface area contributed by atoms with Gasteiger partial charge in [0.1, 0.15) is 5.69 Å². The van der Waals surface area contributed by atoms with Crippen LogP contribution in [-0.2, 0) is 9.53 Å². The number of rotatable bonds is 4. The molecule has 23 heavy (non-hydrogen) atoms. The van der Waals surface area contributed by atoms with Crippen molar-refractivity contribution in [2.45, 2.75) is 13.0 Å². The normalized spacial score (nSPS) is 12.0. The number of amides is 1. The number of esters is 1. The van der Waals surface area contributed by atoms with Crippen LogP contribution in [0.15, 0.2) is 53.1 Å². The van der Waals surface area contributed by atoms with Gasteiger partial charge in [0.2, 0.25) is 0 Å². The average Bonchev–Trinajstić information content (AvgIpc) is 3.08. The molecule has 0 unspecified atom stereocenters. The number of carbonyl (C=O) groups excluding carboxylic acids is 2. The van der Waals surface area contributed by atoms with Crippen LogP contribution in [0.2, 0.25) is 0 Å². The van der Waals surface area contributed by atoms with Gasteiger partial charge in [-0.05, 0) is 31.2 Å². The average molecular weight is 310 g/mol. The van der Waals surface area contributed by atoms with E-state index in [9.17, 15) is 9.59 Å². The molecule has 0 bridgehead atoms. The Morgan fingerprint density at radius 3 is 2.70 bits per heavy atom. The van der Waals surface area contributed by atoms with Gasteiger partial charge in [-0.3, -0.25) is 4.79 Å². The highest BCUT2D eigenvalue weighted by Crippen LogP contribution is 2.25. The Balaban J connectivity index is 2.10. The second kappa shape index (κ2) is 5.92. The number of para-hydroxylation sites is 1. The first-order valence-corrected chi connectivity index (χ1v) is 7.00. The molecule has 116 valence electrons. The first kappa shape index (κ1) is 14.8. The highest BCUT2D eigenvalue weighted by atomic mass is 16.5. The lowest BCUT2D eigenvalue weighted by molar-refractivity contribution is -0.125. The molecule has 0 fully saturated rings. The minimum Gasteiger partial charge on any atom is -0.463 e. The molecule has 0 aliphatic carbocycles. The first-order valence-electron chi connectivity index (χ1n) is 7.00. The van der Waals surface area contributed by atoms with Crippen molar-refractivity contribution in [2.75, 3.05) is 0 Å². The van der Waals surface area contributed by atoms with E-state index in [-0.39, 0.29) is 0 Å². The van der Waals surface area contributed by atoms with E-state index >= 15 is 0 Å². The van der Waals surface area contributed by atoms with E-state index in [0.717, 1.165) is 0 Å². The molecule has 3 aromatic rings. The van der Waals surface area contributed by atoms with Gasteiger partial charge in [-0.2, -0.15) is 0 Å². The summed E-state index contributed by atoms with van der Waals surface area (Å²) in [5.74, 6) is -0.807. The Morgan fingerprint density at radius 1 is 1.22 bits per heavy atom. The Labute approximate surface area is 131 Å². The van der Waals surface area contributed by atoms with Crippen molar-refractivity contribution in [3.63, 3.8) is 0 Å². The third kappa shape index (κ3) is 2.91. The van der Waals surface area contributed by atoms with Crippen LogP contribution in [0.25, 0.3) is 22.4 Å². The van der Waals surface area contributed by atoms with Gasteiger partial charge < -0.3 is 14.9 Å². The lowest BCUT2D eigenvalue weighted by Gasteiger charge is -2.12. The molecule has 3 rings (SSSR count). The van der Waals surface area contributed by atoms with Crippen molar-refractivity contribution in [1.82, 2.24) is 4.98 Å². The molecular formula is C17H14N2O4. The molecule has 0 aliphatic rings. The molecule has 0 aliphatic heterocycles. The van der Waals surface area contributed by atoms with Crippen LogP contribution in [0.5, 0.6) is 0 Å². The zero-order valence-corrected chi connectivity index (χ0v) is 12.4. The van der Waals surface area contributed by atoms with Gasteiger partial charge in [0.25, 0.3) is 5.91 Å². The zero-order valence-electron chi connectivity index (χ0n) is 12.4. The standard InChI is InChI=1S/C17H14N2O4/c1-10(16(18)20)23-17(21)12-9-14(15-7-4-8-22-15)19-13-6-3-2-5-11(12)13/h2-10H,1H3,(H2,18,20)/t10-/m1/s1. The van der Waals surface area contributed by atoms with E-state index in [1.54, 1.807) is 36.4 Å². The third-order valence-electron chi connectivity index (χ3n) is 3.39. The van der Waals surface area contributed by atoms with E-state index in [4.69, 9.17) is 14.9 Å². The molecule has 2 heterocycles. The molecular weight excluding hydrogens is 296 g/mol. The summed E-state index contributed by atoms with van der Waals surface area (Å²) < 4.78 is 10.4. The molecule has 0 saturated carbocycles. The van der Waals surface area contributed by atoms with Gasteiger partial charge >= 0.3 is 5.97 Å². The maximum Gasteiger partial charge on any atom is 0.339 e. The van der Waals surface area contributed by atoms with Gasteiger partial charge in [-0.15, -0.1) is 0 Å². The van der Waals surface area contributed by atoms with E-state index in [2.05, 4.69) is 4.98 Å². The molecule has 6 nitrogen and oxygen atoms in total. The van der Waals surface area contributed by atoms with Crippen LogP contribution in [-0.4, -0.2) is 23.0 Å². The molecule has 2 N–H and O–H groups in total. The molecule has 1 atom stereocenters. The minimum absolute atomic E-state index is 0.301. The zero-order chi connectivity index (χ0) is 16.4. The van der Waals surface area contributed by atoms with Crippen molar-refractivity contribution in [3.05, 3.63) is 54.3 Å². The number of benzene rings is 1. The van der Waals surface area contributed by atoms with Crippen LogP contribution in [0.4, 0.5) is 0 Å². The second-order valence-electron chi connectivity index (χ2n) is 5.00. The summed E-state index contributed by atoms with van der Waals surface area (Å²) in [6.45, 7) is 1.43. The lowest BCUT2D eigenvalue weighted by atomic mass is 10.1. The smallest absolute Gasteiger partial charge is 0.339 e. The number of nitrogens with two attached hydrogens (primary N) is 1. The number of furan rings is 1. The number of aromatic nitrogens is 1. The number of fused-ring (bicyclic) bond motifs is 1. The monoisotopic (exact) mass is 310 g/mol. The van der Waals surface area contributed by atoms with E-state index in [1.165, 1.54) is 13.2 Å². The minimum atomic E-state index is -1.01. The van der Waals surface area contributed by atoms with Crippen molar-refractivity contribution >= 4 is 22.8 Å². The maximum atomic E-state index is 12.4. The third-order valence-corrected chi connectivity index (χ3v) is 3.39. The summed E-state index contributed by atoms with van der Waals surface area (Å²) in [4.78, 5) is 28.0. The Morgan fingerprint density at radius 2 is 2.00 bits per heavy atom. The van der Waals surface area contributed by atoms with Crippen LogP contribution >= 0.6 is 0 Å². The summed E-state index contributed by atoms with van der Waals surface area (Å²) in [7, 11) is 0. The molecule has 6 heteroatoms. The Kier molecular flexibility index (Phi) is 3.80. The molecule has 1 aromatic carbocycles. The Hall–Kier alpha value is -3.15. The van der Waals surface area contributed by atoms with E-state index in [0.29, 0.717) is 27.9 Å². The van der Waals surface area contributed by atoms with Crippen LogP contribution in [0.1, 0.15) is 17.3 Å². The predicted molar refractivity (Wildman–Crippen MR) is 83.5 cm³/mol. The van der Waals surface area contributed by atoms with Crippen molar-refractivity contribution in [2.24, 2.45) is 5.73 Å². The fraction of sp³-hybridized carbons (Fsp3) is 0.118. The fourth-order valence-electron chi connectivity index (χ4n) is 2.18. The van der Waals surface area contributed by atoms with Gasteiger partial charge in [-0.1, -0.05) is 18.2 Å². The summed E-state index contributed by atoms with van der Waals surface area (Å²) in [6, 6.07) is 12.2. The number of pyridine rings is 1. The highest BCUT2D eigenvalue weighted by Gasteiger charge is 2.20. The second-order valence-corrected chi connectivity index (χ2v) is 5.00. The number of nitrogens with zero attached hydrogens (tertiary/aromatic N) is 1. The molecule has 1 amide bonds. The Bertz CT molecular complexity index is 871. The van der Waals surface area contributed by atoms with Gasteiger partial charge in [0.05, 0.1) is 17.3 Å². The SMILES string of the molecule is C[C@@H](OC(=O)c1cc(-c2ccco2)nc2ccccc12)C(N)=O. The molecule has 0 saturated heterocycles. The summed E-state index contributed by atoms with van der Waals surface area (Å²) >= 11 is 0. The van der Waals surface area contributed by atoms with Crippen LogP contribution < -0.4 is 5.73 Å². The van der Waals surface area contributed by atoms with Gasteiger partial charge in [0, 0.05) is 5.39 Å². The van der Waals surface area contributed by atoms with Crippen LogP contribution in [0.3, 0.4) is 0 Å². The van der Waals surface area contributed by atoms with E-state index in [1.807, 2.05) is 6.07 Å². The van der Waals surface area contributed by atoms with Gasteiger partial charge in [0.15, 0.2) is 11.9 Å². The van der Waals surface area contributed by atoms with Crippen LogP contribution in [0, 0.1) is 0 Å². The lowest BCUT2D eigenvalue weighted by Crippen LogP contribution is -2.30. The summed E-state index contributed by atoms with van der Waals surface area (Å²) in [5.41, 5.74) is 6.57. The number of carbonyl (C=O) groups is 2. The molecule has 0 radical (unpaired) electrons. The first-order chi connectivity index (χ1) is 11.1. The van der Waals surface area contributed by atoms with Crippen molar-refractivity contribution in [1.29, 1.82) is 0 Å². The topological polar surface area (TPSA) is 95.4 Å². The number of ether oxygens (including phenoxy) is 1. The molecule has 2 aromatic heterocycles. The van der Waals surface area contributed by atoms with Gasteiger partial charge in [-0.25, -0.2) is 9.78 Å². The summed E-state index contributed by atoms with van der Waals surface area (Å²) in [5, 5.41) is 0.629. The molecule has 0 spiro atoms. The maximum absolute atomic E-state index is 12.4. The van der Waals surface area contributed by atoms with Crippen molar-refractivity contribution < 1.29 is 18.7 Å². The highest BCUT2D eigenvalue weighted by molar-refractivity contribution is 6.05. The largest absolute Gasteiger partial charge is 0.463 e. The summed E-state index contributed by atoms with van der Waals surface area (Å²) in [6.07, 6.45) is 0.515. The number of primary amides is 1. The van der Waals surface area contributed by atoms with E-state index < -0.39 is 18.0 Å². The predicted octanol–water partition coefficient (Wildman–Crippen LogP) is 2.53. The quantitative estimate of drug-likeness (QED) is 0.747. The number of hydrogen-bond donors (Lipinski definition) is 1. The fourth-order valence-corrected chi connectivity index (χ4v) is 2.18.